The van der Waals surface area contributed by atoms with Crippen LogP contribution in [0.2, 0.25) is 10.0 Å². The van der Waals surface area contributed by atoms with Gasteiger partial charge in [-0.25, -0.2) is 4.39 Å². The molecular formula is C19H19Cl2FN2O2S. The van der Waals surface area contributed by atoms with Gasteiger partial charge in [-0.3, -0.25) is 9.59 Å². The van der Waals surface area contributed by atoms with Crippen molar-refractivity contribution in [3.63, 3.8) is 0 Å². The number of halogens is 3. The lowest BCUT2D eigenvalue weighted by Crippen LogP contribution is -2.29. The largest absolute Gasteiger partial charge is 0.349 e. The summed E-state index contributed by atoms with van der Waals surface area (Å²) in [4.78, 5) is 24.0. The highest BCUT2D eigenvalue weighted by Gasteiger charge is 2.16. The molecule has 8 heteroatoms. The lowest BCUT2D eigenvalue weighted by Gasteiger charge is -2.16. The smallest absolute Gasteiger partial charge is 0.234 e. The fraction of sp³-hybridized carbons (Fsp3) is 0.263. The Morgan fingerprint density at radius 1 is 1.11 bits per heavy atom. The molecule has 0 aromatic heterocycles. The number of benzene rings is 2. The molecule has 0 spiro atoms. The van der Waals surface area contributed by atoms with Crippen LogP contribution in [0.1, 0.15) is 24.1 Å². The van der Waals surface area contributed by atoms with E-state index in [1.807, 2.05) is 25.1 Å². The third kappa shape index (κ3) is 6.72. The van der Waals surface area contributed by atoms with E-state index in [-0.39, 0.29) is 33.4 Å². The summed E-state index contributed by atoms with van der Waals surface area (Å²) in [5, 5.41) is 5.71. The van der Waals surface area contributed by atoms with Crippen molar-refractivity contribution in [1.29, 1.82) is 0 Å². The van der Waals surface area contributed by atoms with Crippen LogP contribution in [0.25, 0.3) is 0 Å². The summed E-state index contributed by atoms with van der Waals surface area (Å²) in [5.74, 6) is -0.818. The average Bonchev–Trinajstić information content (AvgIpc) is 2.58. The molecule has 0 saturated carbocycles. The summed E-state index contributed by atoms with van der Waals surface area (Å²) < 4.78 is 13.6. The molecule has 2 amide bonds. The fourth-order valence-electron chi connectivity index (χ4n) is 2.39. The molecule has 0 fully saturated rings. The summed E-state index contributed by atoms with van der Waals surface area (Å²) >= 11 is 12.9. The fourth-order valence-corrected chi connectivity index (χ4v) is 3.56. The first-order valence-electron chi connectivity index (χ1n) is 8.14. The lowest BCUT2D eigenvalue weighted by molar-refractivity contribution is -0.119. The lowest BCUT2D eigenvalue weighted by atomic mass is 10.1. The number of hydrogen-bond acceptors (Lipinski definition) is 3. The first kappa shape index (κ1) is 21.5. The van der Waals surface area contributed by atoms with Crippen LogP contribution >= 0.6 is 35.0 Å². The van der Waals surface area contributed by atoms with Crippen LogP contribution in [0.15, 0.2) is 36.4 Å². The molecule has 4 nitrogen and oxygen atoms in total. The molecule has 1 atom stereocenters. The van der Waals surface area contributed by atoms with Gasteiger partial charge < -0.3 is 10.6 Å². The van der Waals surface area contributed by atoms with Gasteiger partial charge >= 0.3 is 0 Å². The SMILES string of the molecule is Cc1cccc(NC(=O)CSCC(=O)NC(C)c2cc(F)c(Cl)cc2Cl)c1. The summed E-state index contributed by atoms with van der Waals surface area (Å²) in [6.45, 7) is 3.64. The number of carbonyl (C=O) groups is 2. The zero-order chi connectivity index (χ0) is 20.0. The number of carbonyl (C=O) groups excluding carboxylic acids is 2. The van der Waals surface area contributed by atoms with Crippen molar-refractivity contribution in [3.05, 3.63) is 63.4 Å². The average molecular weight is 429 g/mol. The Bertz CT molecular complexity index is 848. The van der Waals surface area contributed by atoms with Gasteiger partial charge in [0.2, 0.25) is 11.8 Å². The van der Waals surface area contributed by atoms with Crippen LogP contribution in [0.4, 0.5) is 10.1 Å². The highest BCUT2D eigenvalue weighted by atomic mass is 35.5. The maximum Gasteiger partial charge on any atom is 0.234 e. The summed E-state index contributed by atoms with van der Waals surface area (Å²) in [7, 11) is 0. The molecule has 144 valence electrons. The van der Waals surface area contributed by atoms with Crippen LogP contribution in [0.5, 0.6) is 0 Å². The van der Waals surface area contributed by atoms with E-state index in [4.69, 9.17) is 23.2 Å². The van der Waals surface area contributed by atoms with Crippen molar-refractivity contribution in [2.24, 2.45) is 0 Å². The van der Waals surface area contributed by atoms with Crippen molar-refractivity contribution in [1.82, 2.24) is 5.32 Å². The Hall–Kier alpha value is -1.76. The Kier molecular flexibility index (Phi) is 7.95. The molecule has 0 radical (unpaired) electrons. The molecule has 2 aromatic carbocycles. The molecule has 0 bridgehead atoms. The predicted molar refractivity (Wildman–Crippen MR) is 110 cm³/mol. The highest BCUT2D eigenvalue weighted by molar-refractivity contribution is 8.00. The zero-order valence-electron chi connectivity index (χ0n) is 14.8. The highest BCUT2D eigenvalue weighted by Crippen LogP contribution is 2.28. The number of rotatable bonds is 7. The van der Waals surface area contributed by atoms with E-state index in [9.17, 15) is 14.0 Å². The van der Waals surface area contributed by atoms with Crippen LogP contribution in [0.3, 0.4) is 0 Å². The van der Waals surface area contributed by atoms with Crippen molar-refractivity contribution in [3.8, 4) is 0 Å². The van der Waals surface area contributed by atoms with E-state index in [0.29, 0.717) is 5.56 Å². The van der Waals surface area contributed by atoms with E-state index in [1.54, 1.807) is 13.0 Å². The first-order valence-corrected chi connectivity index (χ1v) is 10.1. The Morgan fingerprint density at radius 3 is 2.52 bits per heavy atom. The second kappa shape index (κ2) is 9.97. The van der Waals surface area contributed by atoms with Gasteiger partial charge in [-0.1, -0.05) is 35.3 Å². The zero-order valence-corrected chi connectivity index (χ0v) is 17.1. The number of nitrogens with one attached hydrogen (secondary N) is 2. The molecule has 0 heterocycles. The maximum absolute atomic E-state index is 13.6. The molecule has 2 aromatic rings. The topological polar surface area (TPSA) is 58.2 Å². The number of hydrogen-bond donors (Lipinski definition) is 2. The summed E-state index contributed by atoms with van der Waals surface area (Å²) in [6.07, 6.45) is 0. The number of aryl methyl sites for hydroxylation is 1. The second-order valence-electron chi connectivity index (χ2n) is 5.99. The molecular weight excluding hydrogens is 410 g/mol. The normalized spacial score (nSPS) is 11.7. The van der Waals surface area contributed by atoms with Crippen molar-refractivity contribution < 1.29 is 14.0 Å². The number of thioether (sulfide) groups is 1. The molecule has 2 rings (SSSR count). The van der Waals surface area contributed by atoms with Gasteiger partial charge in [0.15, 0.2) is 0 Å². The molecule has 0 saturated heterocycles. The van der Waals surface area contributed by atoms with Crippen molar-refractivity contribution in [2.75, 3.05) is 16.8 Å². The maximum atomic E-state index is 13.6. The Morgan fingerprint density at radius 2 is 1.81 bits per heavy atom. The molecule has 0 aliphatic rings. The van der Waals surface area contributed by atoms with E-state index in [0.717, 1.165) is 11.3 Å². The number of anilines is 1. The van der Waals surface area contributed by atoms with Crippen LogP contribution < -0.4 is 10.6 Å². The van der Waals surface area contributed by atoms with Gasteiger partial charge in [0.1, 0.15) is 5.82 Å². The summed E-state index contributed by atoms with van der Waals surface area (Å²) in [5.41, 5.74) is 2.21. The minimum Gasteiger partial charge on any atom is -0.349 e. The van der Waals surface area contributed by atoms with Gasteiger partial charge in [-0.05, 0) is 49.2 Å². The van der Waals surface area contributed by atoms with Gasteiger partial charge in [0.25, 0.3) is 0 Å². The van der Waals surface area contributed by atoms with Gasteiger partial charge in [0.05, 0.1) is 22.6 Å². The molecule has 0 aliphatic carbocycles. The van der Waals surface area contributed by atoms with Crippen LogP contribution in [-0.2, 0) is 9.59 Å². The van der Waals surface area contributed by atoms with Crippen LogP contribution in [0, 0.1) is 12.7 Å². The molecule has 27 heavy (non-hydrogen) atoms. The monoisotopic (exact) mass is 428 g/mol. The quantitative estimate of drug-likeness (QED) is 0.610. The van der Waals surface area contributed by atoms with E-state index < -0.39 is 11.9 Å². The minimum atomic E-state index is -0.598. The predicted octanol–water partition coefficient (Wildman–Crippen LogP) is 4.99. The van der Waals surface area contributed by atoms with E-state index >= 15 is 0 Å². The van der Waals surface area contributed by atoms with E-state index in [2.05, 4.69) is 10.6 Å². The van der Waals surface area contributed by atoms with Crippen molar-refractivity contribution in [2.45, 2.75) is 19.9 Å². The van der Waals surface area contributed by atoms with Crippen LogP contribution in [-0.4, -0.2) is 23.3 Å². The summed E-state index contributed by atoms with van der Waals surface area (Å²) in [6, 6.07) is 9.49. The third-order valence-electron chi connectivity index (χ3n) is 3.65. The van der Waals surface area contributed by atoms with Gasteiger partial charge in [0, 0.05) is 10.7 Å². The second-order valence-corrected chi connectivity index (χ2v) is 7.79. The Labute approximate surface area is 171 Å². The first-order chi connectivity index (χ1) is 12.8. The molecule has 1 unspecified atom stereocenters. The van der Waals surface area contributed by atoms with Gasteiger partial charge in [-0.2, -0.15) is 0 Å². The molecule has 2 N–H and O–H groups in total. The Balaban J connectivity index is 1.79. The third-order valence-corrected chi connectivity index (χ3v) is 5.20. The standard InChI is InChI=1S/C19H19Cl2FN2O2S/c1-11-4-3-5-13(6-11)24-19(26)10-27-9-18(25)23-12(2)14-7-17(22)16(21)8-15(14)20/h3-8,12H,9-10H2,1-2H3,(H,23,25)(H,24,26). The number of amides is 2. The minimum absolute atomic E-state index is 0.0718. The molecule has 0 aliphatic heterocycles. The van der Waals surface area contributed by atoms with Gasteiger partial charge in [-0.15, -0.1) is 11.8 Å². The van der Waals surface area contributed by atoms with E-state index in [1.165, 1.54) is 23.9 Å². The van der Waals surface area contributed by atoms with Crippen molar-refractivity contribution >= 4 is 52.5 Å².